The summed E-state index contributed by atoms with van der Waals surface area (Å²) in [7, 11) is 0. The highest BCUT2D eigenvalue weighted by molar-refractivity contribution is 7.99. The fourth-order valence-electron chi connectivity index (χ4n) is 2.88. The normalized spacial score (nSPS) is 10.8. The molecule has 0 spiro atoms. The van der Waals surface area contributed by atoms with Gasteiger partial charge in [0.2, 0.25) is 11.8 Å². The number of amides is 1. The maximum Gasteiger partial charge on any atom is 0.347 e. The van der Waals surface area contributed by atoms with Crippen molar-refractivity contribution in [1.29, 1.82) is 0 Å². The lowest BCUT2D eigenvalue weighted by Gasteiger charge is -2.07. The zero-order valence-corrected chi connectivity index (χ0v) is 17.4. The molecule has 0 aliphatic carbocycles. The molecule has 0 radical (unpaired) electrons. The Kier molecular flexibility index (Phi) is 6.16. The van der Waals surface area contributed by atoms with E-state index in [-0.39, 0.29) is 11.8 Å². The number of carbonyl (C=O) groups is 1. The highest BCUT2D eigenvalue weighted by Gasteiger charge is 2.09. The van der Waals surface area contributed by atoms with Crippen LogP contribution in [0, 0.1) is 0 Å². The molecule has 0 aliphatic heterocycles. The molecule has 3 aromatic carbocycles. The molecule has 0 saturated carbocycles. The Balaban J connectivity index is 1.37. The van der Waals surface area contributed by atoms with Crippen molar-refractivity contribution in [1.82, 2.24) is 4.98 Å². The zero-order valence-electron chi connectivity index (χ0n) is 15.8. The third kappa shape index (κ3) is 4.90. The average molecular weight is 437 g/mol. The van der Waals surface area contributed by atoms with Gasteiger partial charge >= 0.3 is 5.63 Å². The first-order chi connectivity index (χ1) is 14.6. The standard InChI is InChI=1S/C23H17ClN2O3S/c24-17-9-5-15(6-10-17)13-30-14-21(27)25-18-11-7-16(8-12-18)22-26-20-4-2-1-3-19(20)23(28)29-22/h1-12H,13-14H2,(H,25,27). The Labute approximate surface area is 182 Å². The number of hydrogen-bond acceptors (Lipinski definition) is 5. The molecule has 0 atom stereocenters. The van der Waals surface area contributed by atoms with E-state index in [4.69, 9.17) is 16.0 Å². The summed E-state index contributed by atoms with van der Waals surface area (Å²) in [4.78, 5) is 28.7. The van der Waals surface area contributed by atoms with Gasteiger partial charge in [-0.05, 0) is 54.1 Å². The SMILES string of the molecule is O=C(CSCc1ccc(Cl)cc1)Nc1ccc(-c2nc3ccccc3c(=O)o2)cc1. The van der Waals surface area contributed by atoms with E-state index in [2.05, 4.69) is 10.3 Å². The number of fused-ring (bicyclic) bond motifs is 1. The van der Waals surface area contributed by atoms with Gasteiger partial charge in [-0.25, -0.2) is 9.78 Å². The highest BCUT2D eigenvalue weighted by Crippen LogP contribution is 2.21. The Morgan fingerprint density at radius 3 is 2.50 bits per heavy atom. The third-order valence-electron chi connectivity index (χ3n) is 4.37. The van der Waals surface area contributed by atoms with Gasteiger partial charge in [0.1, 0.15) is 0 Å². The molecular formula is C23H17ClN2O3S. The van der Waals surface area contributed by atoms with Gasteiger partial charge in [-0.1, -0.05) is 35.9 Å². The predicted octanol–water partition coefficient (Wildman–Crippen LogP) is 5.38. The van der Waals surface area contributed by atoms with Gasteiger partial charge < -0.3 is 9.73 Å². The van der Waals surface area contributed by atoms with Crippen molar-refractivity contribution in [2.75, 3.05) is 11.1 Å². The summed E-state index contributed by atoms with van der Waals surface area (Å²) in [6, 6.07) is 21.7. The van der Waals surface area contributed by atoms with Crippen LogP contribution in [0.25, 0.3) is 22.4 Å². The number of aromatic nitrogens is 1. The lowest BCUT2D eigenvalue weighted by molar-refractivity contribution is -0.113. The quantitative estimate of drug-likeness (QED) is 0.439. The number of nitrogens with one attached hydrogen (secondary N) is 1. The number of hydrogen-bond donors (Lipinski definition) is 1. The fraction of sp³-hybridized carbons (Fsp3) is 0.0870. The lowest BCUT2D eigenvalue weighted by atomic mass is 10.2. The lowest BCUT2D eigenvalue weighted by Crippen LogP contribution is -2.14. The predicted molar refractivity (Wildman–Crippen MR) is 122 cm³/mol. The van der Waals surface area contributed by atoms with Crippen LogP contribution in [0.5, 0.6) is 0 Å². The molecule has 5 nitrogen and oxygen atoms in total. The van der Waals surface area contributed by atoms with E-state index in [0.29, 0.717) is 32.9 Å². The molecule has 150 valence electrons. The van der Waals surface area contributed by atoms with E-state index in [1.165, 1.54) is 11.8 Å². The molecule has 7 heteroatoms. The van der Waals surface area contributed by atoms with E-state index in [1.54, 1.807) is 42.5 Å². The maximum atomic E-state index is 12.2. The molecule has 1 N–H and O–H groups in total. The van der Waals surface area contributed by atoms with Crippen molar-refractivity contribution in [3.05, 3.63) is 93.8 Å². The molecule has 4 aromatic rings. The Morgan fingerprint density at radius 1 is 1.00 bits per heavy atom. The number of rotatable bonds is 6. The average Bonchev–Trinajstić information content (AvgIpc) is 2.76. The van der Waals surface area contributed by atoms with E-state index in [0.717, 1.165) is 11.3 Å². The zero-order chi connectivity index (χ0) is 20.9. The smallest absolute Gasteiger partial charge is 0.347 e. The summed E-state index contributed by atoms with van der Waals surface area (Å²) in [5.41, 5.74) is 2.60. The molecular weight excluding hydrogens is 420 g/mol. The molecule has 30 heavy (non-hydrogen) atoms. The van der Waals surface area contributed by atoms with E-state index >= 15 is 0 Å². The highest BCUT2D eigenvalue weighted by atomic mass is 35.5. The summed E-state index contributed by atoms with van der Waals surface area (Å²) < 4.78 is 5.33. The summed E-state index contributed by atoms with van der Waals surface area (Å²) >= 11 is 7.40. The number of nitrogens with zero attached hydrogens (tertiary/aromatic N) is 1. The van der Waals surface area contributed by atoms with Crippen molar-refractivity contribution in [2.24, 2.45) is 0 Å². The van der Waals surface area contributed by atoms with Crippen LogP contribution in [-0.4, -0.2) is 16.6 Å². The van der Waals surface area contributed by atoms with Crippen LogP contribution >= 0.6 is 23.4 Å². The second kappa shape index (κ2) is 9.15. The first kappa shape index (κ1) is 20.2. The largest absolute Gasteiger partial charge is 0.403 e. The van der Waals surface area contributed by atoms with Gasteiger partial charge in [-0.3, -0.25) is 4.79 Å². The Morgan fingerprint density at radius 2 is 1.73 bits per heavy atom. The molecule has 0 bridgehead atoms. The topological polar surface area (TPSA) is 72.2 Å². The summed E-state index contributed by atoms with van der Waals surface area (Å²) in [5.74, 6) is 1.23. The van der Waals surface area contributed by atoms with Crippen LogP contribution in [0.4, 0.5) is 5.69 Å². The number of carbonyl (C=O) groups excluding carboxylic acids is 1. The van der Waals surface area contributed by atoms with Crippen LogP contribution in [0.2, 0.25) is 5.02 Å². The molecule has 0 saturated heterocycles. The van der Waals surface area contributed by atoms with Gasteiger partial charge in [-0.2, -0.15) is 0 Å². The number of thioether (sulfide) groups is 1. The second-order valence-corrected chi connectivity index (χ2v) is 7.99. The van der Waals surface area contributed by atoms with Gasteiger partial charge in [0.15, 0.2) is 0 Å². The number of anilines is 1. The van der Waals surface area contributed by atoms with E-state index in [9.17, 15) is 9.59 Å². The van der Waals surface area contributed by atoms with Crippen molar-refractivity contribution >= 4 is 45.9 Å². The van der Waals surface area contributed by atoms with Crippen molar-refractivity contribution < 1.29 is 9.21 Å². The minimum absolute atomic E-state index is 0.0860. The summed E-state index contributed by atoms with van der Waals surface area (Å²) in [6.07, 6.45) is 0. The van der Waals surface area contributed by atoms with Gasteiger partial charge in [0, 0.05) is 22.0 Å². The monoisotopic (exact) mass is 436 g/mol. The molecule has 1 amide bonds. The van der Waals surface area contributed by atoms with Crippen LogP contribution < -0.4 is 10.9 Å². The van der Waals surface area contributed by atoms with Crippen molar-refractivity contribution in [3.63, 3.8) is 0 Å². The minimum atomic E-state index is -0.425. The minimum Gasteiger partial charge on any atom is -0.403 e. The number of halogens is 1. The maximum absolute atomic E-state index is 12.2. The number of para-hydroxylation sites is 1. The first-order valence-electron chi connectivity index (χ1n) is 9.21. The van der Waals surface area contributed by atoms with Crippen LogP contribution in [0.1, 0.15) is 5.56 Å². The fourth-order valence-corrected chi connectivity index (χ4v) is 3.79. The first-order valence-corrected chi connectivity index (χ1v) is 10.7. The van der Waals surface area contributed by atoms with Crippen molar-refractivity contribution in [3.8, 4) is 11.5 Å². The molecule has 0 aliphatic rings. The second-order valence-electron chi connectivity index (χ2n) is 6.57. The van der Waals surface area contributed by atoms with Crippen LogP contribution in [-0.2, 0) is 10.5 Å². The van der Waals surface area contributed by atoms with Gasteiger partial charge in [0.25, 0.3) is 0 Å². The molecule has 0 unspecified atom stereocenters. The Bertz CT molecular complexity index is 1240. The van der Waals surface area contributed by atoms with E-state index < -0.39 is 5.63 Å². The van der Waals surface area contributed by atoms with Gasteiger partial charge in [0.05, 0.1) is 16.7 Å². The Hall–Kier alpha value is -3.09. The third-order valence-corrected chi connectivity index (χ3v) is 5.62. The summed E-state index contributed by atoms with van der Waals surface area (Å²) in [6.45, 7) is 0. The van der Waals surface area contributed by atoms with Gasteiger partial charge in [-0.15, -0.1) is 11.8 Å². The molecule has 0 fully saturated rings. The van der Waals surface area contributed by atoms with E-state index in [1.807, 2.05) is 30.3 Å². The van der Waals surface area contributed by atoms with Crippen molar-refractivity contribution in [2.45, 2.75) is 5.75 Å². The van der Waals surface area contributed by atoms with Crippen LogP contribution in [0.3, 0.4) is 0 Å². The molecule has 1 heterocycles. The number of benzene rings is 3. The molecule has 4 rings (SSSR count). The van der Waals surface area contributed by atoms with Crippen LogP contribution in [0.15, 0.2) is 82.0 Å². The summed E-state index contributed by atoms with van der Waals surface area (Å²) in [5, 5.41) is 4.01. The molecule has 1 aromatic heterocycles.